The van der Waals surface area contributed by atoms with Gasteiger partial charge in [0.15, 0.2) is 0 Å². The molecule has 4 nitrogen and oxygen atoms in total. The van der Waals surface area contributed by atoms with E-state index in [2.05, 4.69) is 16.0 Å². The molecule has 0 bridgehead atoms. The molecule has 0 radical (unpaired) electrons. The Morgan fingerprint density at radius 2 is 1.44 bits per heavy atom. The summed E-state index contributed by atoms with van der Waals surface area (Å²) in [4.78, 5) is 11.7. The molecule has 5 heteroatoms. The largest absolute Gasteiger partial charge is 1.00 e. The van der Waals surface area contributed by atoms with Gasteiger partial charge in [0, 0.05) is 6.54 Å². The fourth-order valence-corrected chi connectivity index (χ4v) is 3.60. The van der Waals surface area contributed by atoms with E-state index in [-0.39, 0.29) is 63.3 Å². The van der Waals surface area contributed by atoms with Crippen molar-refractivity contribution in [1.82, 2.24) is 10.6 Å². The molecule has 27 heavy (non-hydrogen) atoms. The fraction of sp³-hybridized carbons (Fsp3) is 0.682. The summed E-state index contributed by atoms with van der Waals surface area (Å²) in [5.74, 6) is 0.891. The van der Waals surface area contributed by atoms with Gasteiger partial charge in [0.25, 0.3) is 0 Å². The van der Waals surface area contributed by atoms with Crippen LogP contribution < -0.4 is 62.0 Å². The minimum atomic E-state index is -0.0337. The minimum absolute atomic E-state index is 0. The second-order valence-electron chi connectivity index (χ2n) is 7.43. The Kier molecular flexibility index (Phi) is 16.0. The number of hydrogen-bond acceptors (Lipinski definition) is 2. The van der Waals surface area contributed by atoms with Gasteiger partial charge in [-0.15, -0.1) is 6.54 Å². The van der Waals surface area contributed by atoms with Crippen LogP contribution >= 0.6 is 0 Å². The first-order valence-corrected chi connectivity index (χ1v) is 10.5. The third-order valence-electron chi connectivity index (χ3n) is 5.20. The number of amides is 1. The second-order valence-corrected chi connectivity index (χ2v) is 7.43. The Morgan fingerprint density at radius 3 is 1.89 bits per heavy atom. The molecule has 2 aliphatic heterocycles. The average molecular weight is 398 g/mol. The van der Waals surface area contributed by atoms with Crippen molar-refractivity contribution in [2.24, 2.45) is 5.92 Å². The number of nitrogens with one attached hydrogen (secondary N) is 2. The van der Waals surface area contributed by atoms with Gasteiger partial charge in [0.2, 0.25) is 5.91 Å². The zero-order chi connectivity index (χ0) is 18.3. The number of nitrogens with zero attached hydrogens (tertiary/aromatic N) is 1. The van der Waals surface area contributed by atoms with Gasteiger partial charge in [-0.25, -0.2) is 0 Å². The molecule has 1 saturated carbocycles. The zero-order valence-corrected chi connectivity index (χ0v) is 20.3. The van der Waals surface area contributed by atoms with Crippen LogP contribution in [0.2, 0.25) is 0 Å². The maximum absolute atomic E-state index is 11.7. The van der Waals surface area contributed by atoms with E-state index >= 15 is 0 Å². The summed E-state index contributed by atoms with van der Waals surface area (Å²) in [6, 6.07) is 12.0. The van der Waals surface area contributed by atoms with Crippen LogP contribution in [0, 0.1) is 5.92 Å². The predicted molar refractivity (Wildman–Crippen MR) is 109 cm³/mol. The summed E-state index contributed by atoms with van der Waals surface area (Å²) in [6.07, 6.45) is 11.5. The molecule has 3 fully saturated rings. The summed E-state index contributed by atoms with van der Waals surface area (Å²) >= 11 is 0. The molecule has 1 aromatic carbocycles. The first-order valence-electron chi connectivity index (χ1n) is 10.5. The SMILES string of the molecule is C1CCNC1.O=C(NCC1CCCCC1)C1CCC[N-]1.[K+].c1ccccc1. The average Bonchev–Trinajstić information content (AvgIpc) is 3.45. The van der Waals surface area contributed by atoms with E-state index < -0.39 is 0 Å². The first-order chi connectivity index (χ1) is 12.9. The number of rotatable bonds is 3. The molecule has 2 heterocycles. The van der Waals surface area contributed by atoms with Gasteiger partial charge < -0.3 is 16.0 Å². The van der Waals surface area contributed by atoms with E-state index in [1.807, 2.05) is 36.4 Å². The van der Waals surface area contributed by atoms with Crippen molar-refractivity contribution in [2.45, 2.75) is 63.8 Å². The Bertz CT molecular complexity index is 422. The summed E-state index contributed by atoms with van der Waals surface area (Å²) < 4.78 is 0. The number of carbonyl (C=O) groups is 1. The summed E-state index contributed by atoms with van der Waals surface area (Å²) in [5, 5.41) is 10.6. The number of benzene rings is 1. The summed E-state index contributed by atoms with van der Waals surface area (Å²) in [5.41, 5.74) is 0. The third kappa shape index (κ3) is 12.4. The van der Waals surface area contributed by atoms with E-state index in [1.54, 1.807) is 0 Å². The smallest absolute Gasteiger partial charge is 0.652 e. The quantitative estimate of drug-likeness (QED) is 0.755. The molecule has 2 N–H and O–H groups in total. The van der Waals surface area contributed by atoms with Gasteiger partial charge in [-0.05, 0) is 44.7 Å². The van der Waals surface area contributed by atoms with Gasteiger partial charge in [-0.3, -0.25) is 4.79 Å². The van der Waals surface area contributed by atoms with Crippen LogP contribution in [0.25, 0.3) is 5.32 Å². The van der Waals surface area contributed by atoms with Crippen molar-refractivity contribution < 1.29 is 56.2 Å². The summed E-state index contributed by atoms with van der Waals surface area (Å²) in [7, 11) is 0. The first kappa shape index (κ1) is 25.3. The van der Waals surface area contributed by atoms with Gasteiger partial charge in [0.05, 0.1) is 0 Å². The molecule has 1 unspecified atom stereocenters. The predicted octanol–water partition coefficient (Wildman–Crippen LogP) is 1.28. The van der Waals surface area contributed by atoms with Crippen LogP contribution in [0.5, 0.6) is 0 Å². The summed E-state index contributed by atoms with van der Waals surface area (Å²) in [6.45, 7) is 4.26. The van der Waals surface area contributed by atoms with Crippen molar-refractivity contribution in [2.75, 3.05) is 26.2 Å². The van der Waals surface area contributed by atoms with Crippen molar-refractivity contribution in [3.05, 3.63) is 41.7 Å². The fourth-order valence-electron chi connectivity index (χ4n) is 3.60. The van der Waals surface area contributed by atoms with Crippen molar-refractivity contribution in [3.63, 3.8) is 0 Å². The molecule has 0 spiro atoms. The molecular weight excluding hydrogens is 361 g/mol. The van der Waals surface area contributed by atoms with Crippen LogP contribution in [0.15, 0.2) is 36.4 Å². The van der Waals surface area contributed by atoms with E-state index in [4.69, 9.17) is 0 Å². The number of carbonyl (C=O) groups excluding carboxylic acids is 1. The Morgan fingerprint density at radius 1 is 0.852 bits per heavy atom. The van der Waals surface area contributed by atoms with Crippen LogP contribution in [-0.4, -0.2) is 38.1 Å². The van der Waals surface area contributed by atoms with E-state index in [0.29, 0.717) is 0 Å². The molecule has 2 saturated heterocycles. The molecule has 3 aliphatic rings. The van der Waals surface area contributed by atoms with E-state index in [9.17, 15) is 4.79 Å². The Balaban J connectivity index is 0.000000249. The normalized spacial score (nSPS) is 21.7. The Hall–Kier alpha value is 0.246. The van der Waals surface area contributed by atoms with Gasteiger partial charge >= 0.3 is 51.4 Å². The maximum atomic E-state index is 11.7. The van der Waals surface area contributed by atoms with Gasteiger partial charge in [0.1, 0.15) is 0 Å². The third-order valence-corrected chi connectivity index (χ3v) is 5.20. The van der Waals surface area contributed by atoms with Crippen LogP contribution in [0.4, 0.5) is 0 Å². The van der Waals surface area contributed by atoms with Crippen LogP contribution in [0.3, 0.4) is 0 Å². The molecule has 4 rings (SSSR count). The molecule has 1 aromatic rings. The molecule has 1 amide bonds. The minimum Gasteiger partial charge on any atom is -0.652 e. The molecule has 0 aromatic heterocycles. The second kappa shape index (κ2) is 17.1. The molecule has 1 atom stereocenters. The van der Waals surface area contributed by atoms with Gasteiger partial charge in [-0.1, -0.05) is 74.5 Å². The zero-order valence-electron chi connectivity index (χ0n) is 17.2. The van der Waals surface area contributed by atoms with Gasteiger partial charge in [-0.2, -0.15) is 0 Å². The Labute approximate surface area is 208 Å². The van der Waals surface area contributed by atoms with Crippen molar-refractivity contribution >= 4 is 5.91 Å². The molecule has 146 valence electrons. The molecular formula is C22H36KN3O. The monoisotopic (exact) mass is 397 g/mol. The maximum Gasteiger partial charge on any atom is 1.00 e. The van der Waals surface area contributed by atoms with Crippen molar-refractivity contribution in [1.29, 1.82) is 0 Å². The standard InChI is InChI=1S/C12H21N2O.C6H6.C4H9N.K/c15-12(11-7-4-8-13-11)14-9-10-5-2-1-3-6-10;1-2-4-6-5-3-1;1-2-4-5-3-1;/h10-11H,1-9H2,(H,14,15);1-6H;5H,1-4H2;/q-1;;;+1. The van der Waals surface area contributed by atoms with E-state index in [0.717, 1.165) is 31.8 Å². The molecule has 1 aliphatic carbocycles. The van der Waals surface area contributed by atoms with Crippen LogP contribution in [0.1, 0.15) is 57.8 Å². The number of hydrogen-bond donors (Lipinski definition) is 2. The topological polar surface area (TPSA) is 55.2 Å². The van der Waals surface area contributed by atoms with Crippen molar-refractivity contribution in [3.8, 4) is 0 Å². The van der Waals surface area contributed by atoms with Crippen LogP contribution in [-0.2, 0) is 4.79 Å². The van der Waals surface area contributed by atoms with E-state index in [1.165, 1.54) is 58.0 Å².